The number of nitrogens with one attached hydrogen (secondary N) is 1. The minimum absolute atomic E-state index is 0.231. The largest absolute Gasteiger partial charge is 0.497 e. The van der Waals surface area contributed by atoms with Gasteiger partial charge in [-0.2, -0.15) is 5.10 Å². The molecule has 1 N–H and O–H groups in total. The van der Waals surface area contributed by atoms with Gasteiger partial charge < -0.3 is 9.47 Å². The summed E-state index contributed by atoms with van der Waals surface area (Å²) in [4.78, 5) is 12.4. The number of nitrogens with zero attached hydrogens (tertiary/aromatic N) is 1. The Bertz CT molecular complexity index is 605. The maximum absolute atomic E-state index is 12.4. The molecular formula is C19H26N2O3. The average molecular weight is 330 g/mol. The summed E-state index contributed by atoms with van der Waals surface area (Å²) in [6.45, 7) is 0. The lowest BCUT2D eigenvalue weighted by molar-refractivity contribution is 0.0953. The molecule has 24 heavy (non-hydrogen) atoms. The maximum Gasteiger partial charge on any atom is 0.271 e. The van der Waals surface area contributed by atoms with Crippen molar-refractivity contribution in [1.82, 2.24) is 5.43 Å². The Kier molecular flexibility index (Phi) is 5.38. The fourth-order valence-electron chi connectivity index (χ4n) is 3.92. The summed E-state index contributed by atoms with van der Waals surface area (Å²) in [6.07, 6.45) is 8.65. The van der Waals surface area contributed by atoms with Gasteiger partial charge in [-0.1, -0.05) is 19.3 Å². The lowest BCUT2D eigenvalue weighted by Gasteiger charge is -2.35. The normalized spacial score (nSPS) is 25.0. The van der Waals surface area contributed by atoms with Crippen LogP contribution in [-0.2, 0) is 0 Å². The Balaban J connectivity index is 1.64. The number of rotatable bonds is 4. The average Bonchev–Trinajstić information content (AvgIpc) is 2.65. The number of ether oxygens (including phenoxy) is 2. The first-order chi connectivity index (χ1) is 11.7. The molecule has 0 aliphatic heterocycles. The molecule has 1 aromatic rings. The Morgan fingerprint density at radius 1 is 1.04 bits per heavy atom. The summed E-state index contributed by atoms with van der Waals surface area (Å²) < 4.78 is 10.4. The molecule has 0 saturated heterocycles. The van der Waals surface area contributed by atoms with Gasteiger partial charge in [-0.05, 0) is 49.7 Å². The van der Waals surface area contributed by atoms with E-state index in [0.29, 0.717) is 17.1 Å². The minimum atomic E-state index is -0.231. The quantitative estimate of drug-likeness (QED) is 0.855. The molecule has 0 bridgehead atoms. The third-order valence-corrected chi connectivity index (χ3v) is 5.30. The van der Waals surface area contributed by atoms with Crippen LogP contribution in [0.25, 0.3) is 0 Å². The van der Waals surface area contributed by atoms with E-state index in [-0.39, 0.29) is 5.91 Å². The highest BCUT2D eigenvalue weighted by Crippen LogP contribution is 2.39. The summed E-state index contributed by atoms with van der Waals surface area (Å²) in [5, 5.41) is 4.40. The Hall–Kier alpha value is -2.04. The number of methoxy groups -OCH3 is 2. The van der Waals surface area contributed by atoms with Crippen molar-refractivity contribution in [3.05, 3.63) is 23.8 Å². The van der Waals surface area contributed by atoms with Crippen LogP contribution in [-0.4, -0.2) is 25.8 Å². The third kappa shape index (κ3) is 3.89. The molecule has 2 saturated carbocycles. The number of amides is 1. The number of benzene rings is 1. The molecular weight excluding hydrogens is 304 g/mol. The van der Waals surface area contributed by atoms with Gasteiger partial charge >= 0.3 is 0 Å². The summed E-state index contributed by atoms with van der Waals surface area (Å²) in [7, 11) is 3.14. The van der Waals surface area contributed by atoms with Crippen molar-refractivity contribution in [3.8, 4) is 11.5 Å². The van der Waals surface area contributed by atoms with E-state index in [2.05, 4.69) is 10.5 Å². The highest BCUT2D eigenvalue weighted by atomic mass is 16.5. The van der Waals surface area contributed by atoms with Crippen LogP contribution in [0.4, 0.5) is 0 Å². The van der Waals surface area contributed by atoms with E-state index in [1.165, 1.54) is 32.1 Å². The van der Waals surface area contributed by atoms with Crippen LogP contribution in [0.2, 0.25) is 0 Å². The van der Waals surface area contributed by atoms with Gasteiger partial charge in [0.2, 0.25) is 0 Å². The van der Waals surface area contributed by atoms with Crippen molar-refractivity contribution in [2.24, 2.45) is 16.9 Å². The molecule has 2 atom stereocenters. The Morgan fingerprint density at radius 3 is 2.38 bits per heavy atom. The predicted octanol–water partition coefficient (Wildman–Crippen LogP) is 3.78. The van der Waals surface area contributed by atoms with Crippen molar-refractivity contribution in [2.45, 2.75) is 44.9 Å². The molecule has 1 aromatic carbocycles. The molecule has 0 unspecified atom stereocenters. The van der Waals surface area contributed by atoms with Gasteiger partial charge in [0, 0.05) is 17.3 Å². The first-order valence-corrected chi connectivity index (χ1v) is 8.78. The fourth-order valence-corrected chi connectivity index (χ4v) is 3.92. The molecule has 2 fully saturated rings. The van der Waals surface area contributed by atoms with E-state index >= 15 is 0 Å². The standard InChI is InChI=1S/C19H26N2O3/c1-23-17-10-15(11-18(12-17)24-2)19(22)21-20-16-8-7-13-5-3-4-6-14(13)9-16/h10-14H,3-9H2,1-2H3,(H,21,22)/b20-16-/t13-,14-/m1/s1. The monoisotopic (exact) mass is 330 g/mol. The van der Waals surface area contributed by atoms with E-state index in [0.717, 1.165) is 30.4 Å². The summed E-state index contributed by atoms with van der Waals surface area (Å²) in [5.41, 5.74) is 4.32. The predicted molar refractivity (Wildman–Crippen MR) is 93.7 cm³/mol. The van der Waals surface area contributed by atoms with E-state index in [4.69, 9.17) is 9.47 Å². The Labute approximate surface area is 143 Å². The van der Waals surface area contributed by atoms with Crippen LogP contribution in [0.3, 0.4) is 0 Å². The maximum atomic E-state index is 12.4. The van der Waals surface area contributed by atoms with Crippen molar-refractivity contribution < 1.29 is 14.3 Å². The lowest BCUT2D eigenvalue weighted by Crippen LogP contribution is -2.29. The number of hydrazone groups is 1. The van der Waals surface area contributed by atoms with E-state index in [1.807, 2.05) is 0 Å². The minimum Gasteiger partial charge on any atom is -0.497 e. The van der Waals surface area contributed by atoms with Gasteiger partial charge in [0.1, 0.15) is 11.5 Å². The smallest absolute Gasteiger partial charge is 0.271 e. The van der Waals surface area contributed by atoms with Gasteiger partial charge in [0.25, 0.3) is 5.91 Å². The summed E-state index contributed by atoms with van der Waals surface area (Å²) in [5.74, 6) is 2.59. The number of fused-ring (bicyclic) bond motifs is 1. The molecule has 0 spiro atoms. The number of hydrogen-bond acceptors (Lipinski definition) is 4. The molecule has 0 aromatic heterocycles. The molecule has 1 amide bonds. The van der Waals surface area contributed by atoms with Crippen molar-refractivity contribution in [2.75, 3.05) is 14.2 Å². The zero-order valence-corrected chi connectivity index (χ0v) is 14.5. The fraction of sp³-hybridized carbons (Fsp3) is 0.579. The number of carbonyl (C=O) groups is 1. The second-order valence-corrected chi connectivity index (χ2v) is 6.77. The first-order valence-electron chi connectivity index (χ1n) is 8.78. The van der Waals surface area contributed by atoms with E-state index in [1.54, 1.807) is 32.4 Å². The topological polar surface area (TPSA) is 59.9 Å². The van der Waals surface area contributed by atoms with Crippen molar-refractivity contribution in [3.63, 3.8) is 0 Å². The van der Waals surface area contributed by atoms with Gasteiger partial charge in [-0.25, -0.2) is 5.43 Å². The van der Waals surface area contributed by atoms with Crippen LogP contribution in [0.5, 0.6) is 11.5 Å². The van der Waals surface area contributed by atoms with Crippen LogP contribution < -0.4 is 14.9 Å². The van der Waals surface area contributed by atoms with Crippen LogP contribution in [0, 0.1) is 11.8 Å². The van der Waals surface area contributed by atoms with Crippen LogP contribution in [0.15, 0.2) is 23.3 Å². The van der Waals surface area contributed by atoms with E-state index < -0.39 is 0 Å². The molecule has 2 aliphatic rings. The second-order valence-electron chi connectivity index (χ2n) is 6.77. The van der Waals surface area contributed by atoms with Crippen molar-refractivity contribution in [1.29, 1.82) is 0 Å². The van der Waals surface area contributed by atoms with E-state index in [9.17, 15) is 4.79 Å². The summed E-state index contributed by atoms with van der Waals surface area (Å²) >= 11 is 0. The molecule has 3 rings (SSSR count). The third-order valence-electron chi connectivity index (χ3n) is 5.30. The molecule has 5 heteroatoms. The first kappa shape index (κ1) is 16.8. The van der Waals surface area contributed by atoms with Gasteiger partial charge in [-0.15, -0.1) is 0 Å². The number of carbonyl (C=O) groups excluding carboxylic acids is 1. The van der Waals surface area contributed by atoms with Gasteiger partial charge in [0.05, 0.1) is 14.2 Å². The molecule has 0 radical (unpaired) electrons. The highest BCUT2D eigenvalue weighted by molar-refractivity contribution is 5.96. The van der Waals surface area contributed by atoms with Gasteiger partial charge in [0.15, 0.2) is 0 Å². The molecule has 130 valence electrons. The molecule has 5 nitrogen and oxygen atoms in total. The zero-order chi connectivity index (χ0) is 16.9. The van der Waals surface area contributed by atoms with Crippen LogP contribution in [0.1, 0.15) is 55.3 Å². The SMILES string of the molecule is COc1cc(OC)cc(C(=O)N/N=C2/CC[C@H]3CCCC[C@@H]3C2)c1. The highest BCUT2D eigenvalue weighted by Gasteiger charge is 2.30. The van der Waals surface area contributed by atoms with Gasteiger partial charge in [-0.3, -0.25) is 4.79 Å². The summed E-state index contributed by atoms with van der Waals surface area (Å²) in [6, 6.07) is 5.12. The Morgan fingerprint density at radius 2 is 1.71 bits per heavy atom. The number of hydrogen-bond donors (Lipinski definition) is 1. The van der Waals surface area contributed by atoms with Crippen molar-refractivity contribution >= 4 is 11.6 Å². The molecule has 0 heterocycles. The lowest BCUT2D eigenvalue weighted by atomic mass is 9.70. The van der Waals surface area contributed by atoms with Crippen LogP contribution >= 0.6 is 0 Å². The second kappa shape index (κ2) is 7.69. The molecule has 2 aliphatic carbocycles. The zero-order valence-electron chi connectivity index (χ0n) is 14.5.